The Kier molecular flexibility index (Phi) is 12.5. The summed E-state index contributed by atoms with van der Waals surface area (Å²) >= 11 is 1.23. The van der Waals surface area contributed by atoms with E-state index in [2.05, 4.69) is 0 Å². The molecule has 2 unspecified atom stereocenters. The van der Waals surface area contributed by atoms with E-state index >= 15 is 0 Å². The molecule has 3 aromatic carbocycles. The molecule has 4 rings (SSSR count). The summed E-state index contributed by atoms with van der Waals surface area (Å²) in [6, 6.07) is 27.6. The Morgan fingerprint density at radius 1 is 0.830 bits per heavy atom. The molecule has 47 heavy (non-hydrogen) atoms. The number of amides is 2. The van der Waals surface area contributed by atoms with Crippen molar-refractivity contribution < 1.29 is 27.9 Å². The smallest absolute Gasteiger partial charge is 0.416 e. The fourth-order valence-electron chi connectivity index (χ4n) is 5.55. The maximum Gasteiger partial charge on any atom is 0.416 e. The predicted octanol–water partition coefficient (Wildman–Crippen LogP) is 6.33. The second-order valence-electron chi connectivity index (χ2n) is 11.7. The first-order chi connectivity index (χ1) is 22.5. The molecule has 9 nitrogen and oxygen atoms in total. The van der Waals surface area contributed by atoms with Crippen molar-refractivity contribution in [1.82, 2.24) is 9.21 Å². The minimum Gasteiger partial charge on any atom is -0.452 e. The van der Waals surface area contributed by atoms with Crippen LogP contribution in [0.1, 0.15) is 66.1 Å². The number of carbonyl (C=O) groups is 2. The van der Waals surface area contributed by atoms with Gasteiger partial charge in [0.25, 0.3) is 0 Å². The standard InChI is InChI=1S/C36H43N3O6S2/c1-25(2)22-23-38(47(43,44)29-18-12-7-13-19-29)30(24-40)32-21-20-31(46-32)26(3)39(36(42)45-4)35(41)34(37)33(27-14-8-5-9-15-27)28-16-10-6-11-17-28/h5-21,25-26,30,33-34,40H,22-24,37H2,1-4H3/t26?,30?,34-/m0/s1. The summed E-state index contributed by atoms with van der Waals surface area (Å²) in [5.41, 5.74) is 8.35. The first kappa shape index (κ1) is 36.0. The van der Waals surface area contributed by atoms with Gasteiger partial charge in [0.2, 0.25) is 15.9 Å². The van der Waals surface area contributed by atoms with E-state index in [4.69, 9.17) is 10.5 Å². The molecule has 2 amide bonds. The van der Waals surface area contributed by atoms with E-state index in [-0.39, 0.29) is 17.4 Å². The van der Waals surface area contributed by atoms with Crippen LogP contribution < -0.4 is 5.73 Å². The van der Waals surface area contributed by atoms with E-state index in [1.165, 1.54) is 34.9 Å². The predicted molar refractivity (Wildman–Crippen MR) is 184 cm³/mol. The highest BCUT2D eigenvalue weighted by molar-refractivity contribution is 7.89. The quantitative estimate of drug-likeness (QED) is 0.159. The minimum atomic E-state index is -3.96. The number of aliphatic hydroxyl groups is 1. The topological polar surface area (TPSA) is 130 Å². The largest absolute Gasteiger partial charge is 0.452 e. The van der Waals surface area contributed by atoms with Gasteiger partial charge in [-0.15, -0.1) is 11.3 Å². The Morgan fingerprint density at radius 2 is 1.34 bits per heavy atom. The number of sulfonamides is 1. The van der Waals surface area contributed by atoms with Crippen LogP contribution in [-0.2, 0) is 19.6 Å². The van der Waals surface area contributed by atoms with Gasteiger partial charge in [-0.05, 0) is 54.7 Å². The molecule has 3 N–H and O–H groups in total. The SMILES string of the molecule is COC(=O)N(C(=O)[C@@H](N)C(c1ccccc1)c1ccccc1)C(C)c1ccc(C(CO)N(CCC(C)C)S(=O)(=O)c2ccccc2)s1. The minimum absolute atomic E-state index is 0.134. The molecule has 0 spiro atoms. The Bertz CT molecular complexity index is 1660. The maximum absolute atomic E-state index is 14.2. The van der Waals surface area contributed by atoms with Gasteiger partial charge in [-0.25, -0.2) is 18.1 Å². The number of rotatable bonds is 14. The molecular weight excluding hydrogens is 635 g/mol. The highest BCUT2D eigenvalue weighted by atomic mass is 32.2. The third kappa shape index (κ3) is 8.35. The lowest BCUT2D eigenvalue weighted by molar-refractivity contribution is -0.132. The lowest BCUT2D eigenvalue weighted by atomic mass is 9.84. The lowest BCUT2D eigenvalue weighted by Gasteiger charge is -2.32. The van der Waals surface area contributed by atoms with Crippen molar-refractivity contribution in [2.24, 2.45) is 11.7 Å². The third-order valence-corrected chi connectivity index (χ3v) is 11.4. The van der Waals surface area contributed by atoms with Crippen molar-refractivity contribution in [3.05, 3.63) is 124 Å². The molecule has 250 valence electrons. The van der Waals surface area contributed by atoms with Crippen LogP contribution in [0, 0.1) is 5.92 Å². The molecule has 11 heteroatoms. The zero-order chi connectivity index (χ0) is 34.1. The number of nitrogens with two attached hydrogens (primary N) is 1. The van der Waals surface area contributed by atoms with E-state index in [0.717, 1.165) is 16.0 Å². The van der Waals surface area contributed by atoms with Crippen molar-refractivity contribution in [2.45, 2.75) is 56.1 Å². The van der Waals surface area contributed by atoms with E-state index in [1.54, 1.807) is 37.3 Å². The average molecular weight is 678 g/mol. The van der Waals surface area contributed by atoms with Crippen molar-refractivity contribution in [2.75, 3.05) is 20.3 Å². The molecule has 1 aromatic heterocycles. The number of thiophene rings is 1. The van der Waals surface area contributed by atoms with Crippen LogP contribution in [0.2, 0.25) is 0 Å². The first-order valence-electron chi connectivity index (χ1n) is 15.5. The van der Waals surface area contributed by atoms with E-state index in [9.17, 15) is 23.1 Å². The van der Waals surface area contributed by atoms with Crippen LogP contribution in [0.3, 0.4) is 0 Å². The van der Waals surface area contributed by atoms with Crippen molar-refractivity contribution >= 4 is 33.4 Å². The highest BCUT2D eigenvalue weighted by Crippen LogP contribution is 2.37. The summed E-state index contributed by atoms with van der Waals surface area (Å²) in [7, 11) is -2.76. The van der Waals surface area contributed by atoms with Crippen LogP contribution in [0.5, 0.6) is 0 Å². The summed E-state index contributed by atoms with van der Waals surface area (Å²) in [5, 5.41) is 10.6. The van der Waals surface area contributed by atoms with Crippen LogP contribution in [0.25, 0.3) is 0 Å². The number of hydrogen-bond donors (Lipinski definition) is 2. The maximum atomic E-state index is 14.2. The normalized spacial score (nSPS) is 13.8. The van der Waals surface area contributed by atoms with E-state index < -0.39 is 52.7 Å². The second kappa shape index (κ2) is 16.3. The van der Waals surface area contributed by atoms with Crippen molar-refractivity contribution in [1.29, 1.82) is 0 Å². The number of ether oxygens (including phenoxy) is 1. The molecule has 4 aromatic rings. The number of methoxy groups -OCH3 is 1. The summed E-state index contributed by atoms with van der Waals surface area (Å²) in [6.07, 6.45) is -0.277. The Balaban J connectivity index is 1.69. The number of carbonyl (C=O) groups excluding carboxylic acids is 2. The van der Waals surface area contributed by atoms with Gasteiger partial charge >= 0.3 is 6.09 Å². The van der Waals surface area contributed by atoms with Gasteiger partial charge < -0.3 is 15.6 Å². The fraction of sp³-hybridized carbons (Fsp3) is 0.333. The zero-order valence-corrected chi connectivity index (χ0v) is 28.7. The lowest BCUT2D eigenvalue weighted by Crippen LogP contribution is -2.50. The molecule has 3 atom stereocenters. The third-order valence-electron chi connectivity index (χ3n) is 8.14. The van der Waals surface area contributed by atoms with Crippen LogP contribution >= 0.6 is 11.3 Å². The molecule has 0 bridgehead atoms. The zero-order valence-electron chi connectivity index (χ0n) is 27.1. The first-order valence-corrected chi connectivity index (χ1v) is 17.8. The average Bonchev–Trinajstić information content (AvgIpc) is 3.58. The Morgan fingerprint density at radius 3 is 1.83 bits per heavy atom. The second-order valence-corrected chi connectivity index (χ2v) is 14.8. The number of hydrogen-bond acceptors (Lipinski definition) is 8. The number of imide groups is 1. The van der Waals surface area contributed by atoms with Crippen LogP contribution in [-0.4, -0.2) is 61.0 Å². The molecule has 0 saturated carbocycles. The van der Waals surface area contributed by atoms with E-state index in [0.29, 0.717) is 16.2 Å². The number of aliphatic hydroxyl groups excluding tert-OH is 1. The number of benzene rings is 3. The molecule has 0 aliphatic heterocycles. The van der Waals surface area contributed by atoms with Gasteiger partial charge in [0.05, 0.1) is 36.7 Å². The fourth-order valence-corrected chi connectivity index (χ4v) is 8.41. The Hall–Kier alpha value is -3.87. The van der Waals surface area contributed by atoms with Gasteiger partial charge in [-0.3, -0.25) is 4.79 Å². The van der Waals surface area contributed by atoms with Gasteiger partial charge in [-0.2, -0.15) is 4.31 Å². The molecule has 0 radical (unpaired) electrons. The molecule has 0 saturated heterocycles. The number of nitrogens with zero attached hydrogens (tertiary/aromatic N) is 2. The van der Waals surface area contributed by atoms with E-state index in [1.807, 2.05) is 74.5 Å². The molecular formula is C36H43N3O6S2. The van der Waals surface area contributed by atoms with Gasteiger partial charge in [-0.1, -0.05) is 92.7 Å². The highest BCUT2D eigenvalue weighted by Gasteiger charge is 2.39. The van der Waals surface area contributed by atoms with Crippen LogP contribution in [0.15, 0.2) is 108 Å². The monoisotopic (exact) mass is 677 g/mol. The summed E-state index contributed by atoms with van der Waals surface area (Å²) in [4.78, 5) is 29.7. The molecule has 0 aliphatic carbocycles. The molecule has 0 aliphatic rings. The Labute approximate surface area is 281 Å². The van der Waals surface area contributed by atoms with Crippen molar-refractivity contribution in [3.8, 4) is 0 Å². The van der Waals surface area contributed by atoms with Gasteiger partial charge in [0.15, 0.2) is 0 Å². The summed E-state index contributed by atoms with van der Waals surface area (Å²) in [5.74, 6) is -0.943. The summed E-state index contributed by atoms with van der Waals surface area (Å²) < 4.78 is 34.1. The van der Waals surface area contributed by atoms with Gasteiger partial charge in [0.1, 0.15) is 0 Å². The van der Waals surface area contributed by atoms with Crippen molar-refractivity contribution in [3.63, 3.8) is 0 Å². The molecule has 1 heterocycles. The molecule has 0 fully saturated rings. The van der Waals surface area contributed by atoms with Gasteiger partial charge in [0, 0.05) is 22.2 Å². The van der Waals surface area contributed by atoms with Crippen LogP contribution in [0.4, 0.5) is 4.79 Å². The summed E-state index contributed by atoms with van der Waals surface area (Å²) in [6.45, 7) is 5.46.